The highest BCUT2D eigenvalue weighted by molar-refractivity contribution is 7.96. The van der Waals surface area contributed by atoms with Crippen molar-refractivity contribution in [3.05, 3.63) is 299 Å². The zero-order chi connectivity index (χ0) is 72.1. The van der Waals surface area contributed by atoms with Crippen molar-refractivity contribution in [2.75, 3.05) is 0 Å². The van der Waals surface area contributed by atoms with Gasteiger partial charge in [-0.25, -0.2) is 9.12 Å². The molecule has 0 fully saturated rings. The van der Waals surface area contributed by atoms with Crippen molar-refractivity contribution < 1.29 is 0 Å². The van der Waals surface area contributed by atoms with Crippen LogP contribution >= 0.6 is 35.6 Å². The lowest BCUT2D eigenvalue weighted by Gasteiger charge is -2.37. The van der Waals surface area contributed by atoms with E-state index in [0.29, 0.717) is 0 Å². The van der Waals surface area contributed by atoms with Gasteiger partial charge in [-0.3, -0.25) is 0 Å². The average molecular weight is 1440 g/mol. The van der Waals surface area contributed by atoms with Crippen molar-refractivity contribution in [2.24, 2.45) is 4.40 Å². The van der Waals surface area contributed by atoms with E-state index in [4.69, 9.17) is 21.9 Å². The highest BCUT2D eigenvalue weighted by atomic mass is 32.2. The van der Waals surface area contributed by atoms with Gasteiger partial charge >= 0.3 is 0 Å². The molecule has 0 saturated heterocycles. The van der Waals surface area contributed by atoms with E-state index < -0.39 is 0 Å². The second kappa shape index (κ2) is 24.0. The van der Waals surface area contributed by atoms with Crippen molar-refractivity contribution in [1.29, 1.82) is 0 Å². The van der Waals surface area contributed by atoms with E-state index in [1.807, 2.05) is 0 Å². The summed E-state index contributed by atoms with van der Waals surface area (Å²) in [6.07, 6.45) is 10.4. The second-order valence-corrected chi connectivity index (χ2v) is 32.2. The topological polar surface area (TPSA) is 76.0 Å². The van der Waals surface area contributed by atoms with Gasteiger partial charge in [0.2, 0.25) is 0 Å². The molecule has 0 spiro atoms. The quantitative estimate of drug-likeness (QED) is 0.0970. The van der Waals surface area contributed by atoms with E-state index in [1.165, 1.54) is 212 Å². The largest absolute Gasteiger partial charge is 0.231 e. The Labute approximate surface area is 640 Å². The van der Waals surface area contributed by atoms with Crippen molar-refractivity contribution in [1.82, 2.24) is 22.2 Å². The van der Waals surface area contributed by atoms with E-state index in [9.17, 15) is 0 Å². The van der Waals surface area contributed by atoms with Crippen LogP contribution in [-0.2, 0) is 16.2 Å². The summed E-state index contributed by atoms with van der Waals surface area (Å²) >= 11 is 4.12. The Morgan fingerprint density at radius 3 is 0.972 bits per heavy atom. The minimum Gasteiger partial charge on any atom is -0.231 e. The Bertz CT molecular complexity index is 6560. The molecule has 1 atom stereocenters. The van der Waals surface area contributed by atoms with Crippen molar-refractivity contribution in [2.45, 2.75) is 102 Å². The number of hydrogen-bond acceptors (Lipinski definition) is 9. The van der Waals surface area contributed by atoms with Gasteiger partial charge in [0.05, 0.1) is 47.3 Å². The predicted octanol–water partition coefficient (Wildman–Crippen LogP) is 27.0. The second-order valence-electron chi connectivity index (χ2n) is 30.5. The monoisotopic (exact) mass is 1440 g/mol. The number of rotatable bonds is 12. The summed E-state index contributed by atoms with van der Waals surface area (Å²) in [6.45, 7) is 14.9. The molecule has 15 aromatic carbocycles. The Morgan fingerprint density at radius 1 is 0.306 bits per heavy atom. The third kappa shape index (κ3) is 8.56. The number of allylic oxidation sites excluding steroid dienone is 2. The molecule has 108 heavy (non-hydrogen) atoms. The van der Waals surface area contributed by atoms with Gasteiger partial charge in [0.15, 0.2) is 0 Å². The highest BCUT2D eigenvalue weighted by Crippen LogP contribution is 2.71. The van der Waals surface area contributed by atoms with Gasteiger partial charge in [0.25, 0.3) is 0 Å². The standard InChI is InChI=1S/C99H74N6S3/c1-7-97(8-2)79-52-61(70-43-46-76(94-91(70)100-106-103-94)82-64-31-19-13-25-55(64)49-56-26-14-20-32-65(56)82)37-40-73(79)85-88(97)86-74-41-38-62(71-44-47-77(95-92(71)101-107-104-95)83-66-33-21-15-27-57(66)50-58-28-16-22-34-67(58)83)53-80(74)98(9-3,10-4)90(86)87-75-42-39-63(54-81(75)99(11-5,12-6)89(85)87)72-45-48-78(96-93(72)102-108-105-96)84-68-35-23-17-29-59(68)51-60-30-18-24-36-69(60)84/h13-54,91,100H,7-12H2,1-6H3. The van der Waals surface area contributed by atoms with E-state index in [-0.39, 0.29) is 22.3 Å². The zero-order valence-electron chi connectivity index (χ0n) is 61.0. The molecule has 1 unspecified atom stereocenters. The fourth-order valence-corrected chi connectivity index (χ4v) is 23.2. The summed E-state index contributed by atoms with van der Waals surface area (Å²) in [5.41, 5.74) is 35.3. The number of benzene rings is 15. The fourth-order valence-electron chi connectivity index (χ4n) is 21.3. The zero-order valence-corrected chi connectivity index (χ0v) is 63.5. The molecule has 22 rings (SSSR count). The smallest absolute Gasteiger partial charge is 0.113 e. The summed E-state index contributed by atoms with van der Waals surface area (Å²) in [5, 5.41) is 14.7. The van der Waals surface area contributed by atoms with Crippen LogP contribution in [0, 0.1) is 0 Å². The van der Waals surface area contributed by atoms with Gasteiger partial charge in [-0.2, -0.15) is 17.5 Å². The van der Waals surface area contributed by atoms with Gasteiger partial charge in [-0.15, -0.1) is 0 Å². The van der Waals surface area contributed by atoms with Crippen molar-refractivity contribution in [3.8, 4) is 77.9 Å². The average Bonchev–Trinajstić information content (AvgIpc) is 1.48. The molecule has 0 radical (unpaired) electrons. The van der Waals surface area contributed by atoms with Gasteiger partial charge in [-0.1, -0.05) is 260 Å². The molecule has 1 aliphatic heterocycles. The molecular formula is C99H74N6S3. The maximum Gasteiger partial charge on any atom is 0.113 e. The SMILES string of the molecule is CCC1(CC)c2cc(C3=CC=C(c4c5ccccc5cc5ccccc45)C4=NSNC34)ccc2-c2c1c1c(c3c2C(CC)(CC)c2cc(-c4ccc(-c5c6ccccc6cc6ccccc56)c5nsnc45)ccc2-3)C(CC)(CC)c2cc(-c3ccc(-c4c5ccccc5cc5ccccc45)c4nsnc34)ccc2-1. The van der Waals surface area contributed by atoms with Crippen LogP contribution in [0.5, 0.6) is 0 Å². The summed E-state index contributed by atoms with van der Waals surface area (Å²) in [7, 11) is 0. The summed E-state index contributed by atoms with van der Waals surface area (Å²) < 4.78 is 30.1. The lowest BCUT2D eigenvalue weighted by molar-refractivity contribution is 0.473. The fraction of sp³-hybridized carbons (Fsp3) is 0.162. The number of aromatic nitrogens is 4. The lowest BCUT2D eigenvalue weighted by atomic mass is 9.65. The number of hydrogen-bond donors (Lipinski definition) is 1. The Kier molecular flexibility index (Phi) is 14.2. The molecule has 1 N–H and O–H groups in total. The first kappa shape index (κ1) is 64.2. The summed E-state index contributed by atoms with van der Waals surface area (Å²) in [4.78, 5) is 0. The van der Waals surface area contributed by atoms with Crippen molar-refractivity contribution in [3.63, 3.8) is 0 Å². The maximum atomic E-state index is 5.30. The van der Waals surface area contributed by atoms with Crippen LogP contribution in [0.25, 0.3) is 176 Å². The first-order chi connectivity index (χ1) is 53.2. The molecule has 9 heteroatoms. The maximum absolute atomic E-state index is 5.30. The third-order valence-corrected chi connectivity index (χ3v) is 28.2. The third-order valence-electron chi connectivity index (χ3n) is 26.5. The molecule has 0 saturated carbocycles. The van der Waals surface area contributed by atoms with Crippen LogP contribution in [0.4, 0.5) is 0 Å². The predicted molar refractivity (Wildman–Crippen MR) is 460 cm³/mol. The summed E-state index contributed by atoms with van der Waals surface area (Å²) in [6, 6.07) is 92.0. The Morgan fingerprint density at radius 2 is 0.611 bits per heavy atom. The molecule has 2 aromatic heterocycles. The van der Waals surface area contributed by atoms with Gasteiger partial charge in [0, 0.05) is 44.1 Å². The molecule has 17 aromatic rings. The Balaban J connectivity index is 0.768. The molecule has 518 valence electrons. The van der Waals surface area contributed by atoms with Crippen LogP contribution in [0.15, 0.2) is 259 Å². The summed E-state index contributed by atoms with van der Waals surface area (Å²) in [5.74, 6) is 0. The Hall–Kier alpha value is -11.0. The minimum absolute atomic E-state index is 0.112. The first-order valence-corrected chi connectivity index (χ1v) is 40.8. The van der Waals surface area contributed by atoms with E-state index in [2.05, 4.69) is 301 Å². The molecule has 3 heterocycles. The molecule has 5 aliphatic rings. The van der Waals surface area contributed by atoms with Gasteiger partial charge in [0.1, 0.15) is 22.1 Å². The lowest BCUT2D eigenvalue weighted by Crippen LogP contribution is -2.32. The van der Waals surface area contributed by atoms with Gasteiger partial charge in [-0.05, 0) is 245 Å². The number of fused-ring (bicyclic) bond motifs is 21. The van der Waals surface area contributed by atoms with E-state index in [1.54, 1.807) is 0 Å². The molecule has 0 bridgehead atoms. The van der Waals surface area contributed by atoms with Crippen LogP contribution in [0.2, 0.25) is 0 Å². The van der Waals surface area contributed by atoms with E-state index >= 15 is 0 Å². The van der Waals surface area contributed by atoms with Gasteiger partial charge < -0.3 is 0 Å². The van der Waals surface area contributed by atoms with Crippen LogP contribution in [0.1, 0.15) is 125 Å². The van der Waals surface area contributed by atoms with Crippen LogP contribution < -0.4 is 4.72 Å². The first-order valence-electron chi connectivity index (χ1n) is 38.6. The van der Waals surface area contributed by atoms with Crippen LogP contribution in [-0.4, -0.2) is 29.2 Å². The minimum atomic E-state index is -0.352. The molecular weight excluding hydrogens is 1370 g/mol. The number of nitrogens with one attached hydrogen (secondary N) is 1. The molecule has 0 amide bonds. The highest BCUT2D eigenvalue weighted by Gasteiger charge is 2.57. The number of nitrogens with zero attached hydrogens (tertiary/aromatic N) is 5. The van der Waals surface area contributed by atoms with E-state index in [0.717, 1.165) is 88.6 Å². The van der Waals surface area contributed by atoms with Crippen molar-refractivity contribution >= 4 is 139 Å². The normalized spacial score (nSPS) is 16.1. The molecule has 6 nitrogen and oxygen atoms in total. The molecule has 4 aliphatic carbocycles. The van der Waals surface area contributed by atoms with Crippen LogP contribution in [0.3, 0.4) is 0 Å².